The standard InChI is InChI=1S/C19H31NO/c1-7-20-16-10-11-21-17-9-8-14(12-15(16)17)19(5,6)13-18(2,3)4/h8-9,12,16,20H,7,10-11,13H2,1-6H3. The molecule has 0 spiro atoms. The lowest BCUT2D eigenvalue weighted by Crippen LogP contribution is -2.29. The van der Waals surface area contributed by atoms with E-state index in [1.165, 1.54) is 17.5 Å². The Morgan fingerprint density at radius 1 is 1.19 bits per heavy atom. The molecule has 0 fully saturated rings. The van der Waals surface area contributed by atoms with Crippen LogP contribution in [0.5, 0.6) is 5.75 Å². The minimum Gasteiger partial charge on any atom is -0.493 e. The summed E-state index contributed by atoms with van der Waals surface area (Å²) in [6.45, 7) is 15.6. The number of hydrogen-bond donors (Lipinski definition) is 1. The van der Waals surface area contributed by atoms with E-state index in [2.05, 4.69) is 65.1 Å². The van der Waals surface area contributed by atoms with E-state index in [0.29, 0.717) is 11.5 Å². The molecule has 1 aromatic rings. The molecule has 0 bridgehead atoms. The van der Waals surface area contributed by atoms with Gasteiger partial charge in [0.1, 0.15) is 5.75 Å². The molecule has 2 rings (SSSR count). The average Bonchev–Trinajstić information content (AvgIpc) is 2.36. The number of nitrogens with one attached hydrogen (secondary N) is 1. The lowest BCUT2D eigenvalue weighted by atomic mass is 9.72. The van der Waals surface area contributed by atoms with E-state index in [1.807, 2.05) is 0 Å². The van der Waals surface area contributed by atoms with Gasteiger partial charge in [-0.1, -0.05) is 47.6 Å². The zero-order valence-electron chi connectivity index (χ0n) is 14.5. The highest BCUT2D eigenvalue weighted by Gasteiger charge is 2.29. The van der Waals surface area contributed by atoms with Crippen LogP contribution >= 0.6 is 0 Å². The first kappa shape index (κ1) is 16.4. The van der Waals surface area contributed by atoms with E-state index in [1.54, 1.807) is 0 Å². The number of ether oxygens (including phenoxy) is 1. The Balaban J connectivity index is 2.32. The monoisotopic (exact) mass is 289 g/mol. The van der Waals surface area contributed by atoms with Crippen LogP contribution in [0.25, 0.3) is 0 Å². The molecule has 0 aromatic heterocycles. The summed E-state index contributed by atoms with van der Waals surface area (Å²) in [4.78, 5) is 0. The second-order valence-electron chi connectivity index (χ2n) is 8.12. The summed E-state index contributed by atoms with van der Waals surface area (Å²) >= 11 is 0. The average molecular weight is 289 g/mol. The fourth-order valence-corrected chi connectivity index (χ4v) is 3.70. The summed E-state index contributed by atoms with van der Waals surface area (Å²) in [6, 6.07) is 7.22. The fraction of sp³-hybridized carbons (Fsp3) is 0.684. The maximum Gasteiger partial charge on any atom is 0.124 e. The van der Waals surface area contributed by atoms with Crippen molar-refractivity contribution in [2.75, 3.05) is 13.2 Å². The molecule has 1 heterocycles. The van der Waals surface area contributed by atoms with E-state index in [0.717, 1.165) is 25.3 Å². The molecule has 0 amide bonds. The van der Waals surface area contributed by atoms with Crippen LogP contribution in [0.2, 0.25) is 0 Å². The van der Waals surface area contributed by atoms with Gasteiger partial charge in [-0.25, -0.2) is 0 Å². The quantitative estimate of drug-likeness (QED) is 0.857. The third-order valence-electron chi connectivity index (χ3n) is 4.25. The van der Waals surface area contributed by atoms with Crippen molar-refractivity contribution in [2.45, 2.75) is 65.8 Å². The molecule has 1 atom stereocenters. The van der Waals surface area contributed by atoms with Crippen molar-refractivity contribution in [1.82, 2.24) is 5.32 Å². The maximum atomic E-state index is 5.83. The fourth-order valence-electron chi connectivity index (χ4n) is 3.70. The predicted octanol–water partition coefficient (Wildman–Crippen LogP) is 4.83. The second-order valence-corrected chi connectivity index (χ2v) is 8.12. The van der Waals surface area contributed by atoms with Gasteiger partial charge in [0.15, 0.2) is 0 Å². The van der Waals surface area contributed by atoms with Crippen molar-refractivity contribution >= 4 is 0 Å². The summed E-state index contributed by atoms with van der Waals surface area (Å²) < 4.78 is 5.83. The second kappa shape index (κ2) is 6.00. The van der Waals surface area contributed by atoms with Crippen molar-refractivity contribution < 1.29 is 4.74 Å². The van der Waals surface area contributed by atoms with Gasteiger partial charge in [-0.05, 0) is 41.5 Å². The zero-order chi connectivity index (χ0) is 15.7. The topological polar surface area (TPSA) is 21.3 Å². The molecule has 1 aliphatic rings. The van der Waals surface area contributed by atoms with Crippen LogP contribution in [0.1, 0.15) is 71.6 Å². The number of rotatable bonds is 4. The molecular weight excluding hydrogens is 258 g/mol. The Bertz CT molecular complexity index is 485. The molecule has 1 unspecified atom stereocenters. The van der Waals surface area contributed by atoms with Gasteiger partial charge in [0, 0.05) is 18.0 Å². The molecule has 118 valence electrons. The van der Waals surface area contributed by atoms with Gasteiger partial charge in [0.2, 0.25) is 0 Å². The first-order chi connectivity index (χ1) is 9.73. The first-order valence-electron chi connectivity index (χ1n) is 8.23. The van der Waals surface area contributed by atoms with Gasteiger partial charge in [-0.3, -0.25) is 0 Å². The minimum atomic E-state index is 0.182. The summed E-state index contributed by atoms with van der Waals surface area (Å²) in [5.41, 5.74) is 3.27. The number of hydrogen-bond acceptors (Lipinski definition) is 2. The molecule has 2 heteroatoms. The minimum absolute atomic E-state index is 0.182. The van der Waals surface area contributed by atoms with Crippen LogP contribution in [-0.4, -0.2) is 13.2 Å². The van der Waals surface area contributed by atoms with Gasteiger partial charge >= 0.3 is 0 Å². The van der Waals surface area contributed by atoms with Gasteiger partial charge < -0.3 is 10.1 Å². The molecule has 1 aromatic carbocycles. The highest BCUT2D eigenvalue weighted by atomic mass is 16.5. The Morgan fingerprint density at radius 2 is 1.90 bits per heavy atom. The van der Waals surface area contributed by atoms with Gasteiger partial charge in [0.25, 0.3) is 0 Å². The Kier molecular flexibility index (Phi) is 4.67. The van der Waals surface area contributed by atoms with Gasteiger partial charge in [0.05, 0.1) is 6.61 Å². The number of fused-ring (bicyclic) bond motifs is 1. The lowest BCUT2D eigenvalue weighted by molar-refractivity contribution is 0.252. The Labute approximate surface area is 130 Å². The van der Waals surface area contributed by atoms with Crippen molar-refractivity contribution in [3.8, 4) is 5.75 Å². The largest absolute Gasteiger partial charge is 0.493 e. The molecule has 0 aliphatic carbocycles. The highest BCUT2D eigenvalue weighted by molar-refractivity contribution is 5.43. The normalized spacial score (nSPS) is 19.0. The van der Waals surface area contributed by atoms with Crippen molar-refractivity contribution in [3.05, 3.63) is 29.3 Å². The third kappa shape index (κ3) is 4.00. The van der Waals surface area contributed by atoms with Crippen LogP contribution in [0.15, 0.2) is 18.2 Å². The van der Waals surface area contributed by atoms with Crippen LogP contribution < -0.4 is 10.1 Å². The Hall–Kier alpha value is -1.02. The molecule has 1 N–H and O–H groups in total. The smallest absolute Gasteiger partial charge is 0.124 e. The molecule has 1 aliphatic heterocycles. The van der Waals surface area contributed by atoms with Crippen molar-refractivity contribution in [1.29, 1.82) is 0 Å². The van der Waals surface area contributed by atoms with Crippen LogP contribution in [-0.2, 0) is 5.41 Å². The van der Waals surface area contributed by atoms with Crippen molar-refractivity contribution in [2.24, 2.45) is 5.41 Å². The molecule has 0 saturated heterocycles. The highest BCUT2D eigenvalue weighted by Crippen LogP contribution is 2.40. The van der Waals surface area contributed by atoms with E-state index in [-0.39, 0.29) is 5.41 Å². The third-order valence-corrected chi connectivity index (χ3v) is 4.25. The summed E-state index contributed by atoms with van der Waals surface area (Å²) in [7, 11) is 0. The van der Waals surface area contributed by atoms with Crippen molar-refractivity contribution in [3.63, 3.8) is 0 Å². The molecule has 2 nitrogen and oxygen atoms in total. The SMILES string of the molecule is CCNC1CCOc2ccc(C(C)(C)CC(C)(C)C)cc21. The van der Waals surface area contributed by atoms with Gasteiger partial charge in [-0.15, -0.1) is 0 Å². The summed E-state index contributed by atoms with van der Waals surface area (Å²) in [5, 5.41) is 3.59. The summed E-state index contributed by atoms with van der Waals surface area (Å²) in [6.07, 6.45) is 2.23. The predicted molar refractivity (Wildman–Crippen MR) is 90.1 cm³/mol. The maximum absolute atomic E-state index is 5.83. The van der Waals surface area contributed by atoms with Crippen LogP contribution in [0, 0.1) is 5.41 Å². The molecule has 0 radical (unpaired) electrons. The number of benzene rings is 1. The van der Waals surface area contributed by atoms with E-state index >= 15 is 0 Å². The molecule has 0 saturated carbocycles. The van der Waals surface area contributed by atoms with Gasteiger partial charge in [-0.2, -0.15) is 0 Å². The first-order valence-corrected chi connectivity index (χ1v) is 8.23. The lowest BCUT2D eigenvalue weighted by Gasteiger charge is -2.35. The summed E-state index contributed by atoms with van der Waals surface area (Å²) in [5.74, 6) is 1.06. The Morgan fingerprint density at radius 3 is 2.52 bits per heavy atom. The molecular formula is C19H31NO. The van der Waals surface area contributed by atoms with Crippen LogP contribution in [0.3, 0.4) is 0 Å². The molecule has 21 heavy (non-hydrogen) atoms. The van der Waals surface area contributed by atoms with Crippen LogP contribution in [0.4, 0.5) is 0 Å². The van der Waals surface area contributed by atoms with E-state index in [9.17, 15) is 0 Å². The van der Waals surface area contributed by atoms with E-state index in [4.69, 9.17) is 4.74 Å². The zero-order valence-corrected chi connectivity index (χ0v) is 14.5. The van der Waals surface area contributed by atoms with E-state index < -0.39 is 0 Å².